The highest BCUT2D eigenvalue weighted by Crippen LogP contribution is 2.21. The molecule has 0 heterocycles. The van der Waals surface area contributed by atoms with Gasteiger partial charge in [0.05, 0.1) is 6.10 Å². The topological polar surface area (TPSA) is 32.7 Å². The summed E-state index contributed by atoms with van der Waals surface area (Å²) in [5, 5.41) is 9.27. The molecule has 0 saturated heterocycles. The summed E-state index contributed by atoms with van der Waals surface area (Å²) < 4.78 is 18.8. The van der Waals surface area contributed by atoms with Crippen LogP contribution >= 0.6 is 0 Å². The van der Waals surface area contributed by atoms with Crippen LogP contribution in [0.4, 0.5) is 4.39 Å². The van der Waals surface area contributed by atoms with E-state index in [1.807, 2.05) is 19.0 Å². The van der Waals surface area contributed by atoms with Crippen molar-refractivity contribution in [2.45, 2.75) is 13.0 Å². The molecule has 0 aliphatic carbocycles. The molecular weight excluding hydrogens is 209 g/mol. The standard InChI is InChI=1S/C12H18FNO2/c1-9(15)10-4-5-12(11(13)8-10)16-7-6-14(2)3/h4-5,8-9,15H,6-7H2,1-3H3/t9-/m1/s1. The Bertz CT molecular complexity index is 340. The normalized spacial score (nSPS) is 12.9. The fraction of sp³-hybridized carbons (Fsp3) is 0.500. The van der Waals surface area contributed by atoms with Gasteiger partial charge in [-0.05, 0) is 38.7 Å². The predicted octanol–water partition coefficient (Wildman–Crippen LogP) is 1.82. The monoisotopic (exact) mass is 227 g/mol. The van der Waals surface area contributed by atoms with Gasteiger partial charge in [0.2, 0.25) is 0 Å². The summed E-state index contributed by atoms with van der Waals surface area (Å²) in [6.45, 7) is 2.77. The minimum absolute atomic E-state index is 0.228. The molecule has 0 aliphatic rings. The summed E-state index contributed by atoms with van der Waals surface area (Å²) in [6, 6.07) is 4.52. The third-order valence-corrected chi connectivity index (χ3v) is 2.23. The first-order chi connectivity index (χ1) is 7.50. The Morgan fingerprint density at radius 2 is 2.12 bits per heavy atom. The molecule has 0 fully saturated rings. The second-order valence-corrected chi connectivity index (χ2v) is 4.02. The molecule has 0 unspecified atom stereocenters. The first-order valence-electron chi connectivity index (χ1n) is 5.25. The first kappa shape index (κ1) is 12.9. The highest BCUT2D eigenvalue weighted by atomic mass is 19.1. The van der Waals surface area contributed by atoms with Gasteiger partial charge in [0.25, 0.3) is 0 Å². The lowest BCUT2D eigenvalue weighted by molar-refractivity contribution is 0.198. The van der Waals surface area contributed by atoms with E-state index >= 15 is 0 Å². The zero-order chi connectivity index (χ0) is 12.1. The third kappa shape index (κ3) is 3.79. The zero-order valence-corrected chi connectivity index (χ0v) is 9.90. The average Bonchev–Trinajstić information content (AvgIpc) is 2.19. The second kappa shape index (κ2) is 5.82. The van der Waals surface area contributed by atoms with Crippen molar-refractivity contribution >= 4 is 0 Å². The Kier molecular flexibility index (Phi) is 4.71. The van der Waals surface area contributed by atoms with E-state index in [4.69, 9.17) is 4.74 Å². The van der Waals surface area contributed by atoms with Crippen LogP contribution in [-0.4, -0.2) is 37.3 Å². The van der Waals surface area contributed by atoms with Gasteiger partial charge >= 0.3 is 0 Å². The number of aliphatic hydroxyl groups is 1. The molecule has 0 bridgehead atoms. The van der Waals surface area contributed by atoms with E-state index in [2.05, 4.69) is 0 Å². The molecule has 0 amide bonds. The van der Waals surface area contributed by atoms with E-state index < -0.39 is 11.9 Å². The van der Waals surface area contributed by atoms with Crippen molar-refractivity contribution in [2.24, 2.45) is 0 Å². The van der Waals surface area contributed by atoms with Crippen molar-refractivity contribution < 1.29 is 14.2 Å². The molecule has 1 rings (SSSR count). The highest BCUT2D eigenvalue weighted by Gasteiger charge is 2.07. The van der Waals surface area contributed by atoms with Crippen molar-refractivity contribution in [3.63, 3.8) is 0 Å². The fourth-order valence-electron chi connectivity index (χ4n) is 1.23. The maximum atomic E-state index is 13.5. The lowest BCUT2D eigenvalue weighted by Gasteiger charge is -2.12. The number of likely N-dealkylation sites (N-methyl/N-ethyl adjacent to an activating group) is 1. The number of rotatable bonds is 5. The largest absolute Gasteiger partial charge is 0.489 e. The molecule has 90 valence electrons. The van der Waals surface area contributed by atoms with Crippen LogP contribution < -0.4 is 4.74 Å². The summed E-state index contributed by atoms with van der Waals surface area (Å²) in [5.74, 6) is -0.205. The number of hydrogen-bond acceptors (Lipinski definition) is 3. The summed E-state index contributed by atoms with van der Waals surface area (Å²) in [7, 11) is 3.85. The lowest BCUT2D eigenvalue weighted by atomic mass is 10.1. The van der Waals surface area contributed by atoms with Gasteiger partial charge in [-0.15, -0.1) is 0 Å². The predicted molar refractivity (Wildman–Crippen MR) is 61.1 cm³/mol. The molecular formula is C12H18FNO2. The maximum Gasteiger partial charge on any atom is 0.165 e. The number of halogens is 1. The van der Waals surface area contributed by atoms with Crippen LogP contribution in [0.5, 0.6) is 5.75 Å². The van der Waals surface area contributed by atoms with E-state index in [-0.39, 0.29) is 5.75 Å². The highest BCUT2D eigenvalue weighted by molar-refractivity contribution is 5.30. The van der Waals surface area contributed by atoms with Gasteiger partial charge in [-0.25, -0.2) is 4.39 Å². The van der Waals surface area contributed by atoms with Crippen molar-refractivity contribution in [1.82, 2.24) is 4.90 Å². The van der Waals surface area contributed by atoms with Crippen molar-refractivity contribution in [3.05, 3.63) is 29.6 Å². The SMILES string of the molecule is C[C@@H](O)c1ccc(OCCN(C)C)c(F)c1. The van der Waals surface area contributed by atoms with Crippen LogP contribution in [0.3, 0.4) is 0 Å². The lowest BCUT2D eigenvalue weighted by Crippen LogP contribution is -2.19. The van der Waals surface area contributed by atoms with Crippen LogP contribution in [0.2, 0.25) is 0 Å². The van der Waals surface area contributed by atoms with Crippen molar-refractivity contribution in [1.29, 1.82) is 0 Å². The van der Waals surface area contributed by atoms with E-state index in [0.29, 0.717) is 12.2 Å². The van der Waals surface area contributed by atoms with Crippen LogP contribution in [0.25, 0.3) is 0 Å². The Morgan fingerprint density at radius 3 is 2.62 bits per heavy atom. The zero-order valence-electron chi connectivity index (χ0n) is 9.90. The molecule has 0 spiro atoms. The first-order valence-corrected chi connectivity index (χ1v) is 5.25. The molecule has 0 aliphatic heterocycles. The van der Waals surface area contributed by atoms with Crippen LogP contribution in [-0.2, 0) is 0 Å². The molecule has 16 heavy (non-hydrogen) atoms. The van der Waals surface area contributed by atoms with Crippen LogP contribution in [0.1, 0.15) is 18.6 Å². The van der Waals surface area contributed by atoms with Gasteiger partial charge < -0.3 is 14.7 Å². The smallest absolute Gasteiger partial charge is 0.165 e. The maximum absolute atomic E-state index is 13.5. The summed E-state index contributed by atoms with van der Waals surface area (Å²) >= 11 is 0. The molecule has 0 radical (unpaired) electrons. The van der Waals surface area contributed by atoms with Crippen molar-refractivity contribution in [2.75, 3.05) is 27.2 Å². The Morgan fingerprint density at radius 1 is 1.44 bits per heavy atom. The minimum Gasteiger partial charge on any atom is -0.489 e. The van der Waals surface area contributed by atoms with Crippen LogP contribution in [0.15, 0.2) is 18.2 Å². The van der Waals surface area contributed by atoms with E-state index in [1.54, 1.807) is 19.1 Å². The fourth-order valence-corrected chi connectivity index (χ4v) is 1.23. The molecule has 3 nitrogen and oxygen atoms in total. The number of ether oxygens (including phenoxy) is 1. The molecule has 1 atom stereocenters. The number of hydrogen-bond donors (Lipinski definition) is 1. The molecule has 0 aromatic heterocycles. The molecule has 4 heteroatoms. The second-order valence-electron chi connectivity index (χ2n) is 4.02. The Hall–Kier alpha value is -1.13. The van der Waals surface area contributed by atoms with E-state index in [0.717, 1.165) is 6.54 Å². The van der Waals surface area contributed by atoms with E-state index in [9.17, 15) is 9.50 Å². The molecule has 1 aromatic carbocycles. The summed E-state index contributed by atoms with van der Waals surface area (Å²) in [5.41, 5.74) is 0.553. The third-order valence-electron chi connectivity index (χ3n) is 2.23. The number of aliphatic hydroxyl groups excluding tert-OH is 1. The quantitative estimate of drug-likeness (QED) is 0.832. The average molecular weight is 227 g/mol. The molecule has 0 saturated carbocycles. The van der Waals surface area contributed by atoms with E-state index in [1.165, 1.54) is 6.07 Å². The van der Waals surface area contributed by atoms with Crippen LogP contribution in [0, 0.1) is 5.82 Å². The van der Waals surface area contributed by atoms with Gasteiger partial charge in [0, 0.05) is 6.54 Å². The van der Waals surface area contributed by atoms with Gasteiger partial charge in [-0.1, -0.05) is 6.07 Å². The van der Waals surface area contributed by atoms with Gasteiger partial charge in [0.1, 0.15) is 6.61 Å². The van der Waals surface area contributed by atoms with Gasteiger partial charge in [0.15, 0.2) is 11.6 Å². The molecule has 1 N–H and O–H groups in total. The number of nitrogens with zero attached hydrogens (tertiary/aromatic N) is 1. The minimum atomic E-state index is -0.662. The Balaban J connectivity index is 2.61. The number of benzene rings is 1. The summed E-state index contributed by atoms with van der Waals surface area (Å²) in [4.78, 5) is 1.96. The Labute approximate surface area is 95.5 Å². The molecule has 1 aromatic rings. The van der Waals surface area contributed by atoms with Gasteiger partial charge in [-0.2, -0.15) is 0 Å². The van der Waals surface area contributed by atoms with Gasteiger partial charge in [-0.3, -0.25) is 0 Å². The van der Waals surface area contributed by atoms with Crippen molar-refractivity contribution in [3.8, 4) is 5.75 Å². The summed E-state index contributed by atoms with van der Waals surface area (Å²) in [6.07, 6.45) is -0.662.